The van der Waals surface area contributed by atoms with Gasteiger partial charge in [0, 0.05) is 23.6 Å². The molecule has 0 saturated carbocycles. The summed E-state index contributed by atoms with van der Waals surface area (Å²) >= 11 is 7.20. The molecule has 0 aliphatic carbocycles. The first kappa shape index (κ1) is 15.9. The van der Waals surface area contributed by atoms with Crippen LogP contribution in [-0.4, -0.2) is 26.1 Å². The number of carbonyl (C=O) groups is 1. The third-order valence-corrected chi connectivity index (χ3v) is 4.98. The van der Waals surface area contributed by atoms with E-state index in [1.54, 1.807) is 36.6 Å². The van der Waals surface area contributed by atoms with Crippen LogP contribution in [0.5, 0.6) is 5.75 Å². The molecule has 0 aliphatic rings. The van der Waals surface area contributed by atoms with Gasteiger partial charge in [-0.1, -0.05) is 0 Å². The Kier molecular flexibility index (Phi) is 6.01. The van der Waals surface area contributed by atoms with E-state index in [2.05, 4.69) is 38.5 Å². The Morgan fingerprint density at radius 3 is 2.70 bits per heavy atom. The number of thiophene rings is 1. The highest BCUT2D eigenvalue weighted by atomic mass is 127. The highest BCUT2D eigenvalue weighted by molar-refractivity contribution is 14.1. The minimum atomic E-state index is 0.0216. The van der Waals surface area contributed by atoms with E-state index >= 15 is 0 Å². The molecular weight excluding hydrogens is 455 g/mol. The van der Waals surface area contributed by atoms with Crippen LogP contribution in [0.15, 0.2) is 34.1 Å². The maximum atomic E-state index is 12.3. The van der Waals surface area contributed by atoms with Gasteiger partial charge < -0.3 is 9.47 Å². The van der Waals surface area contributed by atoms with Gasteiger partial charge in [-0.3, -0.25) is 4.79 Å². The Morgan fingerprint density at radius 2 is 2.10 bits per heavy atom. The lowest BCUT2D eigenvalue weighted by Gasteiger charge is -2.08. The Balaban J connectivity index is 2.14. The summed E-state index contributed by atoms with van der Waals surface area (Å²) in [6.07, 6.45) is 0. The third-order valence-electron chi connectivity index (χ3n) is 2.57. The van der Waals surface area contributed by atoms with Gasteiger partial charge in [0.25, 0.3) is 0 Å². The number of hydrogen-bond acceptors (Lipinski definition) is 4. The first-order chi connectivity index (χ1) is 9.61. The van der Waals surface area contributed by atoms with Crippen molar-refractivity contribution >= 4 is 55.6 Å². The molecule has 106 valence electrons. The van der Waals surface area contributed by atoms with Crippen molar-refractivity contribution in [2.24, 2.45) is 0 Å². The van der Waals surface area contributed by atoms with Gasteiger partial charge in [-0.25, -0.2) is 0 Å². The summed E-state index contributed by atoms with van der Waals surface area (Å²) in [5.74, 6) is 0.729. The molecule has 2 aromatic rings. The molecule has 0 amide bonds. The molecule has 0 saturated heterocycles. The molecule has 0 N–H and O–H groups in total. The maximum absolute atomic E-state index is 12.3. The van der Waals surface area contributed by atoms with Crippen molar-refractivity contribution in [3.05, 3.63) is 48.1 Å². The van der Waals surface area contributed by atoms with Crippen LogP contribution in [0.4, 0.5) is 0 Å². The SMILES string of the molecule is COCCOc1ccc(C(=O)c2csc(I)c2)cc1Br. The van der Waals surface area contributed by atoms with E-state index in [4.69, 9.17) is 9.47 Å². The first-order valence-corrected chi connectivity index (χ1v) is 8.57. The zero-order valence-corrected chi connectivity index (χ0v) is 15.2. The number of ether oxygens (including phenoxy) is 2. The maximum Gasteiger partial charge on any atom is 0.193 e. The molecule has 0 spiro atoms. The van der Waals surface area contributed by atoms with Crippen LogP contribution in [0.3, 0.4) is 0 Å². The molecule has 0 radical (unpaired) electrons. The molecule has 1 aromatic heterocycles. The third kappa shape index (κ3) is 4.03. The van der Waals surface area contributed by atoms with Crippen LogP contribution >= 0.6 is 49.9 Å². The first-order valence-electron chi connectivity index (χ1n) is 5.82. The van der Waals surface area contributed by atoms with Gasteiger partial charge in [-0.05, 0) is 62.8 Å². The van der Waals surface area contributed by atoms with Crippen molar-refractivity contribution in [3.63, 3.8) is 0 Å². The summed E-state index contributed by atoms with van der Waals surface area (Å²) in [5.41, 5.74) is 1.37. The molecule has 2 rings (SSSR count). The second kappa shape index (κ2) is 7.53. The predicted molar refractivity (Wildman–Crippen MR) is 92.0 cm³/mol. The molecule has 6 heteroatoms. The number of rotatable bonds is 6. The normalized spacial score (nSPS) is 10.6. The molecule has 1 heterocycles. The molecule has 0 atom stereocenters. The van der Waals surface area contributed by atoms with Crippen molar-refractivity contribution in [1.82, 2.24) is 0 Å². The number of ketones is 1. The van der Waals surface area contributed by atoms with E-state index in [9.17, 15) is 4.79 Å². The summed E-state index contributed by atoms with van der Waals surface area (Å²) in [4.78, 5) is 12.3. The fraction of sp³-hybridized carbons (Fsp3) is 0.214. The minimum absolute atomic E-state index is 0.0216. The predicted octanol–water partition coefficient (Wildman–Crippen LogP) is 4.37. The van der Waals surface area contributed by atoms with Gasteiger partial charge in [0.1, 0.15) is 12.4 Å². The lowest BCUT2D eigenvalue weighted by molar-refractivity contribution is 0.103. The van der Waals surface area contributed by atoms with Crippen molar-refractivity contribution in [3.8, 4) is 5.75 Å². The van der Waals surface area contributed by atoms with E-state index in [1.807, 2.05) is 11.4 Å². The lowest BCUT2D eigenvalue weighted by Crippen LogP contribution is -2.05. The standard InChI is InChI=1S/C14H12BrIO3S/c1-18-4-5-19-12-3-2-9(6-11(12)15)14(17)10-7-13(16)20-8-10/h2-3,6-8H,4-5H2,1H3. The summed E-state index contributed by atoms with van der Waals surface area (Å²) in [6.45, 7) is 1.01. The zero-order chi connectivity index (χ0) is 14.5. The van der Waals surface area contributed by atoms with Crippen LogP contribution in [0.2, 0.25) is 0 Å². The highest BCUT2D eigenvalue weighted by Crippen LogP contribution is 2.28. The topological polar surface area (TPSA) is 35.5 Å². The number of carbonyl (C=O) groups excluding carboxylic acids is 1. The molecule has 0 aliphatic heterocycles. The Bertz CT molecular complexity index is 612. The summed E-state index contributed by atoms with van der Waals surface area (Å²) in [5, 5.41) is 1.88. The van der Waals surface area contributed by atoms with Crippen molar-refractivity contribution in [2.45, 2.75) is 0 Å². The molecule has 0 bridgehead atoms. The molecular formula is C14H12BrIO3S. The smallest absolute Gasteiger partial charge is 0.193 e. The molecule has 20 heavy (non-hydrogen) atoms. The number of halogens is 2. The van der Waals surface area contributed by atoms with Crippen molar-refractivity contribution < 1.29 is 14.3 Å². The monoisotopic (exact) mass is 466 g/mol. The fourth-order valence-electron chi connectivity index (χ4n) is 1.59. The lowest BCUT2D eigenvalue weighted by atomic mass is 10.1. The van der Waals surface area contributed by atoms with Gasteiger partial charge in [-0.15, -0.1) is 11.3 Å². The molecule has 0 fully saturated rings. The van der Waals surface area contributed by atoms with Crippen molar-refractivity contribution in [1.29, 1.82) is 0 Å². The summed E-state index contributed by atoms with van der Waals surface area (Å²) < 4.78 is 12.3. The van der Waals surface area contributed by atoms with E-state index in [-0.39, 0.29) is 5.78 Å². The van der Waals surface area contributed by atoms with Gasteiger partial charge in [0.2, 0.25) is 0 Å². The average molecular weight is 467 g/mol. The van der Waals surface area contributed by atoms with Crippen LogP contribution in [0.25, 0.3) is 0 Å². The second-order valence-corrected chi connectivity index (χ2v) is 7.61. The van der Waals surface area contributed by atoms with Crippen LogP contribution in [0.1, 0.15) is 15.9 Å². The Morgan fingerprint density at radius 1 is 1.30 bits per heavy atom. The quantitative estimate of drug-likeness (QED) is 0.360. The van der Waals surface area contributed by atoms with Crippen LogP contribution in [0, 0.1) is 2.88 Å². The van der Waals surface area contributed by atoms with E-state index in [1.165, 1.54) is 0 Å². The molecule has 3 nitrogen and oxygen atoms in total. The van der Waals surface area contributed by atoms with Gasteiger partial charge in [0.15, 0.2) is 5.78 Å². The molecule has 0 unspecified atom stereocenters. The van der Waals surface area contributed by atoms with E-state index < -0.39 is 0 Å². The Labute approximate surface area is 143 Å². The number of hydrogen-bond donors (Lipinski definition) is 0. The van der Waals surface area contributed by atoms with Crippen LogP contribution in [-0.2, 0) is 4.74 Å². The van der Waals surface area contributed by atoms with E-state index in [0.717, 1.165) is 12.9 Å². The summed E-state index contributed by atoms with van der Waals surface area (Å²) in [7, 11) is 1.63. The average Bonchev–Trinajstić information content (AvgIpc) is 2.86. The fourth-order valence-corrected chi connectivity index (χ4v) is 3.41. The van der Waals surface area contributed by atoms with E-state index in [0.29, 0.717) is 24.5 Å². The highest BCUT2D eigenvalue weighted by Gasteiger charge is 2.13. The van der Waals surface area contributed by atoms with Crippen molar-refractivity contribution in [2.75, 3.05) is 20.3 Å². The minimum Gasteiger partial charge on any atom is -0.490 e. The van der Waals surface area contributed by atoms with Gasteiger partial charge >= 0.3 is 0 Å². The largest absolute Gasteiger partial charge is 0.490 e. The van der Waals surface area contributed by atoms with Gasteiger partial charge in [-0.2, -0.15) is 0 Å². The second-order valence-electron chi connectivity index (χ2n) is 3.96. The Hall–Kier alpha value is -0.440. The number of benzene rings is 1. The summed E-state index contributed by atoms with van der Waals surface area (Å²) in [6, 6.07) is 7.25. The molecule has 1 aromatic carbocycles. The zero-order valence-electron chi connectivity index (χ0n) is 10.7. The van der Waals surface area contributed by atoms with Gasteiger partial charge in [0.05, 0.1) is 14.0 Å². The number of methoxy groups -OCH3 is 1. The van der Waals surface area contributed by atoms with Crippen LogP contribution < -0.4 is 4.74 Å².